The second kappa shape index (κ2) is 2.88. The zero-order valence-corrected chi connectivity index (χ0v) is 12.1. The monoisotopic (exact) mass is 276 g/mol. The van der Waals surface area contributed by atoms with E-state index in [1.165, 1.54) is 12.8 Å². The van der Waals surface area contributed by atoms with Gasteiger partial charge in [0.05, 0.1) is 0 Å². The molecule has 0 N–H and O–H groups in total. The maximum absolute atomic E-state index is 6.78. The fourth-order valence-corrected chi connectivity index (χ4v) is 7.52. The lowest BCUT2D eigenvalue weighted by Gasteiger charge is -2.22. The molecule has 7 aliphatic rings. The molecule has 2 spiro atoms. The first-order valence-electron chi connectivity index (χ1n) is 8.76. The van der Waals surface area contributed by atoms with Gasteiger partial charge in [-0.3, -0.25) is 0 Å². The van der Waals surface area contributed by atoms with Crippen molar-refractivity contribution < 1.29 is 4.74 Å². The van der Waals surface area contributed by atoms with Crippen molar-refractivity contribution in [2.24, 2.45) is 47.3 Å². The molecule has 21 heavy (non-hydrogen) atoms. The summed E-state index contributed by atoms with van der Waals surface area (Å²) in [4.78, 5) is 0. The van der Waals surface area contributed by atoms with Crippen LogP contribution in [0.3, 0.4) is 0 Å². The lowest BCUT2D eigenvalue weighted by molar-refractivity contribution is 0.221. The summed E-state index contributed by atoms with van der Waals surface area (Å²) in [5, 5.41) is 0. The summed E-state index contributed by atoms with van der Waals surface area (Å²) >= 11 is 0. The summed E-state index contributed by atoms with van der Waals surface area (Å²) in [7, 11) is 0. The standard InChI is InChI=1S/C20H20O/c1-3-13-9-19(15-7-5-11(1)17(13)15)20(21-19)10-14-4-2-12-6-8-16(20)18(12)14/h1-8,11-18H,9-10H2/t11-,12-,13-,14+,15-,16-,17-,18+,19-,20+/m1/s1. The van der Waals surface area contributed by atoms with Crippen molar-refractivity contribution in [1.82, 2.24) is 0 Å². The molecule has 0 radical (unpaired) electrons. The maximum atomic E-state index is 6.78. The van der Waals surface area contributed by atoms with Crippen molar-refractivity contribution in [2.45, 2.75) is 24.0 Å². The molecule has 3 fully saturated rings. The van der Waals surface area contributed by atoms with Gasteiger partial charge in [-0.2, -0.15) is 0 Å². The van der Waals surface area contributed by atoms with Gasteiger partial charge in [0, 0.05) is 11.8 Å². The summed E-state index contributed by atoms with van der Waals surface area (Å²) in [6, 6.07) is 0. The Balaban J connectivity index is 1.36. The number of epoxide rings is 1. The van der Waals surface area contributed by atoms with Gasteiger partial charge >= 0.3 is 0 Å². The molecule has 0 aromatic carbocycles. The SMILES string of the molecule is C1=C[C@@H]2C[C@@]3(O[C@]34C[C@@H]3C=C[C@@H]5C=C[C@@H]4[C@@H]53)[C@@H]3C=C[C@@H]1[C@H]23. The molecule has 6 aliphatic carbocycles. The molecular formula is C20H20O. The highest BCUT2D eigenvalue weighted by Crippen LogP contribution is 2.77. The lowest BCUT2D eigenvalue weighted by atomic mass is 9.75. The molecule has 0 bridgehead atoms. The Hall–Kier alpha value is -1.08. The Morgan fingerprint density at radius 1 is 0.619 bits per heavy atom. The van der Waals surface area contributed by atoms with Gasteiger partial charge in [0.2, 0.25) is 0 Å². The average molecular weight is 276 g/mol. The predicted molar refractivity (Wildman–Crippen MR) is 80.3 cm³/mol. The normalized spacial score (nSPS) is 69.0. The van der Waals surface area contributed by atoms with Crippen LogP contribution in [0.25, 0.3) is 0 Å². The first-order chi connectivity index (χ1) is 10.3. The smallest absolute Gasteiger partial charge is 0.106 e. The van der Waals surface area contributed by atoms with Crippen LogP contribution in [-0.4, -0.2) is 11.2 Å². The summed E-state index contributed by atoms with van der Waals surface area (Å²) in [6.45, 7) is 0. The quantitative estimate of drug-likeness (QED) is 0.487. The zero-order chi connectivity index (χ0) is 13.4. The minimum Gasteiger partial charge on any atom is -0.361 e. The Bertz CT molecular complexity index is 626. The molecule has 1 aliphatic heterocycles. The number of hydrogen-bond donors (Lipinski definition) is 0. The number of rotatable bonds is 0. The zero-order valence-electron chi connectivity index (χ0n) is 12.1. The van der Waals surface area contributed by atoms with E-state index in [9.17, 15) is 0 Å². The van der Waals surface area contributed by atoms with Crippen LogP contribution in [0.4, 0.5) is 0 Å². The fraction of sp³-hybridized carbons (Fsp3) is 0.600. The average Bonchev–Trinajstić information content (AvgIpc) is 3.08. The van der Waals surface area contributed by atoms with Crippen molar-refractivity contribution in [2.75, 3.05) is 0 Å². The first kappa shape index (κ1) is 10.6. The van der Waals surface area contributed by atoms with Crippen LogP contribution in [0.5, 0.6) is 0 Å². The number of fused-ring (bicyclic) bond motifs is 3. The fourth-order valence-electron chi connectivity index (χ4n) is 7.52. The van der Waals surface area contributed by atoms with Crippen LogP contribution < -0.4 is 0 Å². The number of ether oxygens (including phenoxy) is 1. The lowest BCUT2D eigenvalue weighted by Crippen LogP contribution is -2.33. The second-order valence-electron chi connectivity index (χ2n) is 8.52. The van der Waals surface area contributed by atoms with Crippen molar-refractivity contribution in [3.63, 3.8) is 0 Å². The third-order valence-electron chi connectivity index (χ3n) is 8.14. The Morgan fingerprint density at radius 3 is 1.62 bits per heavy atom. The Labute approximate surface area is 125 Å². The molecule has 0 unspecified atom stereocenters. The van der Waals surface area contributed by atoms with Gasteiger partial charge in [-0.05, 0) is 48.3 Å². The van der Waals surface area contributed by atoms with Crippen LogP contribution in [0.1, 0.15) is 12.8 Å². The van der Waals surface area contributed by atoms with Crippen LogP contribution in [0.2, 0.25) is 0 Å². The van der Waals surface area contributed by atoms with Crippen molar-refractivity contribution in [3.05, 3.63) is 48.6 Å². The third kappa shape index (κ3) is 0.892. The topological polar surface area (TPSA) is 12.5 Å². The highest BCUT2D eigenvalue weighted by molar-refractivity contribution is 5.43. The van der Waals surface area contributed by atoms with Crippen molar-refractivity contribution in [1.29, 1.82) is 0 Å². The van der Waals surface area contributed by atoms with E-state index in [0.717, 1.165) is 23.7 Å². The highest BCUT2D eigenvalue weighted by atomic mass is 16.6. The summed E-state index contributed by atoms with van der Waals surface area (Å²) in [6.07, 6.45) is 22.4. The van der Waals surface area contributed by atoms with E-state index in [-0.39, 0.29) is 11.2 Å². The van der Waals surface area contributed by atoms with E-state index >= 15 is 0 Å². The molecule has 10 atom stereocenters. The minimum absolute atomic E-state index is 0.195. The van der Waals surface area contributed by atoms with Gasteiger partial charge < -0.3 is 4.74 Å². The third-order valence-corrected chi connectivity index (χ3v) is 8.14. The van der Waals surface area contributed by atoms with Crippen LogP contribution in [0.15, 0.2) is 48.6 Å². The van der Waals surface area contributed by atoms with Crippen LogP contribution in [-0.2, 0) is 4.74 Å². The van der Waals surface area contributed by atoms with Gasteiger partial charge in [0.15, 0.2) is 0 Å². The van der Waals surface area contributed by atoms with E-state index in [2.05, 4.69) is 48.6 Å². The minimum atomic E-state index is 0.195. The molecule has 2 saturated carbocycles. The van der Waals surface area contributed by atoms with E-state index < -0.39 is 0 Å². The molecular weight excluding hydrogens is 256 g/mol. The second-order valence-corrected chi connectivity index (χ2v) is 8.52. The summed E-state index contributed by atoms with van der Waals surface area (Å²) in [5.74, 6) is 6.05. The molecule has 1 saturated heterocycles. The first-order valence-corrected chi connectivity index (χ1v) is 8.76. The van der Waals surface area contributed by atoms with Gasteiger partial charge in [-0.15, -0.1) is 0 Å². The molecule has 1 heterocycles. The maximum Gasteiger partial charge on any atom is 0.106 e. The van der Waals surface area contributed by atoms with Crippen LogP contribution >= 0.6 is 0 Å². The van der Waals surface area contributed by atoms with Crippen molar-refractivity contribution in [3.8, 4) is 0 Å². The van der Waals surface area contributed by atoms with Gasteiger partial charge in [0.1, 0.15) is 11.2 Å². The molecule has 7 rings (SSSR count). The summed E-state index contributed by atoms with van der Waals surface area (Å²) in [5.41, 5.74) is 0.390. The molecule has 0 aromatic heterocycles. The number of allylic oxidation sites excluding steroid dienone is 6. The molecule has 106 valence electrons. The molecule has 1 nitrogen and oxygen atoms in total. The van der Waals surface area contributed by atoms with E-state index in [4.69, 9.17) is 4.74 Å². The van der Waals surface area contributed by atoms with Crippen LogP contribution in [0, 0.1) is 47.3 Å². The van der Waals surface area contributed by atoms with E-state index in [1.54, 1.807) is 0 Å². The predicted octanol–water partition coefficient (Wildman–Crippen LogP) is 3.51. The van der Waals surface area contributed by atoms with Gasteiger partial charge in [-0.1, -0.05) is 48.6 Å². The van der Waals surface area contributed by atoms with Crippen molar-refractivity contribution >= 4 is 0 Å². The molecule has 1 heteroatoms. The molecule has 0 aromatic rings. The van der Waals surface area contributed by atoms with E-state index in [0.29, 0.717) is 23.7 Å². The number of hydrogen-bond acceptors (Lipinski definition) is 1. The van der Waals surface area contributed by atoms with E-state index in [1.807, 2.05) is 0 Å². The summed E-state index contributed by atoms with van der Waals surface area (Å²) < 4.78 is 6.78. The molecule has 0 amide bonds. The largest absolute Gasteiger partial charge is 0.361 e. The van der Waals surface area contributed by atoms with Gasteiger partial charge in [0.25, 0.3) is 0 Å². The highest BCUT2D eigenvalue weighted by Gasteiger charge is 2.83. The Morgan fingerprint density at radius 2 is 1.10 bits per heavy atom. The van der Waals surface area contributed by atoms with Gasteiger partial charge in [-0.25, -0.2) is 0 Å². The Kier molecular flexibility index (Phi) is 1.46.